The van der Waals surface area contributed by atoms with Gasteiger partial charge in [-0.25, -0.2) is 9.13 Å². The average molecular weight is 1540 g/mol. The molecule has 0 fully saturated rings. The van der Waals surface area contributed by atoms with E-state index >= 15 is 0 Å². The number of aliphatic hydroxyl groups excluding tert-OH is 2. The van der Waals surface area contributed by atoms with Gasteiger partial charge >= 0.3 is 33.6 Å². The summed E-state index contributed by atoms with van der Waals surface area (Å²) in [5.74, 6) is -1.61. The second-order valence-electron chi connectivity index (χ2n) is 28.2. The van der Waals surface area contributed by atoms with Gasteiger partial charge in [0.25, 0.3) is 0 Å². The minimum Gasteiger partial charge on any atom is -0.463 e. The van der Waals surface area contributed by atoms with Crippen LogP contribution in [0.15, 0.2) is 134 Å². The number of phosphoric acid groups is 2. The van der Waals surface area contributed by atoms with E-state index in [1.165, 1.54) is 148 Å². The molecule has 0 rings (SSSR count). The zero-order valence-electron chi connectivity index (χ0n) is 67.5. The maximum atomic E-state index is 13.0. The van der Waals surface area contributed by atoms with Crippen LogP contribution >= 0.6 is 15.6 Å². The molecule has 0 radical (unpaired) electrons. The van der Waals surface area contributed by atoms with Gasteiger partial charge in [-0.3, -0.25) is 32.5 Å². The van der Waals surface area contributed by atoms with Crippen molar-refractivity contribution in [3.63, 3.8) is 0 Å². The lowest BCUT2D eigenvalue weighted by molar-refractivity contribution is -0.161. The minimum atomic E-state index is -4.94. The van der Waals surface area contributed by atoms with Gasteiger partial charge in [0.2, 0.25) is 0 Å². The van der Waals surface area contributed by atoms with E-state index in [1.54, 1.807) is 0 Å². The van der Waals surface area contributed by atoms with Gasteiger partial charge in [-0.2, -0.15) is 0 Å². The molecule has 0 aliphatic rings. The van der Waals surface area contributed by atoms with Gasteiger partial charge in [-0.05, 0) is 141 Å². The smallest absolute Gasteiger partial charge is 0.463 e. The lowest BCUT2D eigenvalue weighted by Gasteiger charge is -2.21. The van der Waals surface area contributed by atoms with E-state index in [-0.39, 0.29) is 19.3 Å². The predicted octanol–water partition coefficient (Wildman–Crippen LogP) is 25.4. The standard InChI is InChI=1S/C89H154O16P2/c1-4-7-10-13-16-19-22-25-28-30-32-34-35-36-37-38-39-40-41-42-43-44-45-46-47-49-51-52-55-57-60-63-66-69-72-75-87(92)99-78-84(90)79-101-106(95,96)102-80-85(91)81-103-107(97,98)104-83-86(105-89(94)77-74-71-68-65-62-59-54-27-24-21-18-15-12-9-6-3)82-100-88(93)76-73-70-67-64-61-58-56-53-50-48-33-31-29-26-23-20-17-14-11-8-5-2/h8,11,16-21,25-29,32-34,36-37,48,53-54,56,84-86,90-91H,4-7,9-10,12-15,22-24,30-31,35,38-47,49-52,55,57-83H2,1-3H3,(H,95,96)(H,97,98)/b11-8-,19-16-,20-17-,21-18-,28-25-,29-26-,34-32-,37-36-,48-33-,54-27-,56-53-. The van der Waals surface area contributed by atoms with Crippen molar-refractivity contribution < 1.29 is 75.8 Å². The Labute approximate surface area is 652 Å². The first-order valence-electron chi connectivity index (χ1n) is 42.5. The Balaban J connectivity index is 4.43. The molecule has 0 amide bonds. The van der Waals surface area contributed by atoms with Crippen molar-refractivity contribution in [1.82, 2.24) is 0 Å². The van der Waals surface area contributed by atoms with Crippen molar-refractivity contribution in [2.24, 2.45) is 0 Å². The number of carbonyl (C=O) groups is 3. The van der Waals surface area contributed by atoms with Crippen molar-refractivity contribution in [2.45, 2.75) is 373 Å². The van der Waals surface area contributed by atoms with Crippen LogP contribution in [0.3, 0.4) is 0 Å². The van der Waals surface area contributed by atoms with E-state index in [0.717, 1.165) is 148 Å². The first kappa shape index (κ1) is 103. The molecule has 0 aromatic heterocycles. The van der Waals surface area contributed by atoms with Crippen LogP contribution in [0.4, 0.5) is 0 Å². The Bertz CT molecular complexity index is 2480. The highest BCUT2D eigenvalue weighted by atomic mass is 31.2. The van der Waals surface area contributed by atoms with Crippen molar-refractivity contribution in [2.75, 3.05) is 39.6 Å². The van der Waals surface area contributed by atoms with Gasteiger partial charge in [0.1, 0.15) is 25.4 Å². The molecule has 0 saturated carbocycles. The van der Waals surface area contributed by atoms with Crippen LogP contribution in [-0.4, -0.2) is 95.9 Å². The molecule has 616 valence electrons. The third kappa shape index (κ3) is 82.5. The van der Waals surface area contributed by atoms with Crippen LogP contribution in [0.25, 0.3) is 0 Å². The van der Waals surface area contributed by atoms with Crippen molar-refractivity contribution >= 4 is 33.6 Å². The number of hydrogen-bond donors (Lipinski definition) is 4. The third-order valence-electron chi connectivity index (χ3n) is 17.8. The maximum Gasteiger partial charge on any atom is 0.472 e. The molecular formula is C89H154O16P2. The fourth-order valence-corrected chi connectivity index (χ4v) is 13.0. The Hall–Kier alpha value is -4.31. The maximum absolute atomic E-state index is 13.0. The summed E-state index contributed by atoms with van der Waals surface area (Å²) in [5, 5.41) is 20.7. The highest BCUT2D eigenvalue weighted by Crippen LogP contribution is 2.45. The van der Waals surface area contributed by atoms with Crippen LogP contribution in [0.2, 0.25) is 0 Å². The van der Waals surface area contributed by atoms with Gasteiger partial charge in [0, 0.05) is 19.3 Å². The van der Waals surface area contributed by atoms with Gasteiger partial charge < -0.3 is 34.2 Å². The second-order valence-corrected chi connectivity index (χ2v) is 31.2. The minimum absolute atomic E-state index is 0.0816. The van der Waals surface area contributed by atoms with E-state index in [4.69, 9.17) is 32.3 Å². The van der Waals surface area contributed by atoms with Crippen LogP contribution in [0, 0.1) is 0 Å². The van der Waals surface area contributed by atoms with Crippen molar-refractivity contribution in [3.8, 4) is 0 Å². The first-order chi connectivity index (χ1) is 52.2. The highest BCUT2D eigenvalue weighted by Gasteiger charge is 2.29. The molecule has 0 heterocycles. The summed E-state index contributed by atoms with van der Waals surface area (Å²) in [7, 11) is -9.80. The van der Waals surface area contributed by atoms with Gasteiger partial charge in [0.05, 0.1) is 26.4 Å². The number of ether oxygens (including phenoxy) is 3. The molecule has 0 aromatic carbocycles. The van der Waals surface area contributed by atoms with Crippen LogP contribution < -0.4 is 0 Å². The third-order valence-corrected chi connectivity index (χ3v) is 19.7. The molecule has 16 nitrogen and oxygen atoms in total. The number of unbranched alkanes of at least 4 members (excludes halogenated alkanes) is 35. The molecular weight excluding hydrogens is 1390 g/mol. The van der Waals surface area contributed by atoms with Gasteiger partial charge in [-0.1, -0.05) is 328 Å². The number of carbonyl (C=O) groups excluding carboxylic acids is 3. The Morgan fingerprint density at radius 1 is 0.271 bits per heavy atom. The SMILES string of the molecule is CC/C=C\C/C=C\C/C=C\C/C=C\C/C=C\CCCCCCCC(=O)OCC(COP(=O)(O)OCC(O)COP(=O)(O)OCC(O)COC(=O)CCCCCCCCCCCCCCCCCCCCC/C=C\C/C=C\C/C=C\C/C=C\CCCCC)OC(=O)CCCCCCC/C=C\C/C=C\CCCCC. The number of allylic oxidation sites excluding steroid dienone is 22. The average Bonchev–Trinajstić information content (AvgIpc) is 1.01. The lowest BCUT2D eigenvalue weighted by atomic mass is 10.0. The summed E-state index contributed by atoms with van der Waals surface area (Å²) < 4.78 is 61.2. The summed E-state index contributed by atoms with van der Waals surface area (Å²) in [6.45, 7) is 2.50. The van der Waals surface area contributed by atoms with Gasteiger partial charge in [-0.15, -0.1) is 0 Å². The van der Waals surface area contributed by atoms with Crippen LogP contribution in [0.5, 0.6) is 0 Å². The molecule has 0 bridgehead atoms. The topological polar surface area (TPSA) is 231 Å². The summed E-state index contributed by atoms with van der Waals surface area (Å²) >= 11 is 0. The highest BCUT2D eigenvalue weighted by molar-refractivity contribution is 7.47. The number of rotatable bonds is 80. The molecule has 5 unspecified atom stereocenters. The van der Waals surface area contributed by atoms with E-state index in [0.29, 0.717) is 19.3 Å². The summed E-state index contributed by atoms with van der Waals surface area (Å²) in [4.78, 5) is 58.7. The lowest BCUT2D eigenvalue weighted by Crippen LogP contribution is -2.30. The molecule has 0 saturated heterocycles. The number of phosphoric ester groups is 2. The Morgan fingerprint density at radius 3 is 0.785 bits per heavy atom. The van der Waals surface area contributed by atoms with Crippen LogP contribution in [-0.2, 0) is 55.8 Å². The van der Waals surface area contributed by atoms with E-state index < -0.39 is 91.5 Å². The zero-order chi connectivity index (χ0) is 78.0. The fraction of sp³-hybridized carbons (Fsp3) is 0.719. The number of aliphatic hydroxyl groups is 2. The summed E-state index contributed by atoms with van der Waals surface area (Å²) in [6, 6.07) is 0. The molecule has 107 heavy (non-hydrogen) atoms. The monoisotopic (exact) mass is 1540 g/mol. The molecule has 0 aromatic rings. The van der Waals surface area contributed by atoms with Gasteiger partial charge in [0.15, 0.2) is 6.10 Å². The van der Waals surface area contributed by atoms with Crippen molar-refractivity contribution in [1.29, 1.82) is 0 Å². The van der Waals surface area contributed by atoms with E-state index in [2.05, 4.69) is 154 Å². The first-order valence-corrected chi connectivity index (χ1v) is 45.5. The molecule has 5 atom stereocenters. The largest absolute Gasteiger partial charge is 0.472 e. The van der Waals surface area contributed by atoms with E-state index in [9.17, 15) is 43.5 Å². The molecule has 4 N–H and O–H groups in total. The predicted molar refractivity (Wildman–Crippen MR) is 445 cm³/mol. The number of esters is 3. The number of hydrogen-bond acceptors (Lipinski definition) is 14. The molecule has 0 spiro atoms. The second kappa shape index (κ2) is 81.2. The van der Waals surface area contributed by atoms with Crippen molar-refractivity contribution in [3.05, 3.63) is 134 Å². The Kier molecular flexibility index (Phi) is 77.9. The molecule has 0 aliphatic carbocycles. The molecule has 18 heteroatoms. The normalized spacial score (nSPS) is 14.6. The van der Waals surface area contributed by atoms with Crippen LogP contribution in [0.1, 0.15) is 355 Å². The Morgan fingerprint density at radius 2 is 0.495 bits per heavy atom. The summed E-state index contributed by atoms with van der Waals surface area (Å²) in [5.41, 5.74) is 0. The quantitative estimate of drug-likeness (QED) is 0.0146. The van der Waals surface area contributed by atoms with E-state index in [1.807, 2.05) is 0 Å². The zero-order valence-corrected chi connectivity index (χ0v) is 69.3. The summed E-state index contributed by atoms with van der Waals surface area (Å²) in [6.07, 6.45) is 99.5. The molecule has 0 aliphatic heterocycles. The fourth-order valence-electron chi connectivity index (χ4n) is 11.4.